The summed E-state index contributed by atoms with van der Waals surface area (Å²) in [7, 11) is 0. The molecule has 1 saturated heterocycles. The molecule has 0 radical (unpaired) electrons. The van der Waals surface area contributed by atoms with Gasteiger partial charge in [-0.15, -0.1) is 0 Å². The Morgan fingerprint density at radius 1 is 1.41 bits per heavy atom. The summed E-state index contributed by atoms with van der Waals surface area (Å²) in [4.78, 5) is 19.0. The first-order valence-electron chi connectivity index (χ1n) is 8.05. The number of hydrogen-bond acceptors (Lipinski definition) is 2. The fourth-order valence-electron chi connectivity index (χ4n) is 3.54. The van der Waals surface area contributed by atoms with Gasteiger partial charge in [0.15, 0.2) is 0 Å². The summed E-state index contributed by atoms with van der Waals surface area (Å²) in [6.45, 7) is 8.75. The molecule has 3 heterocycles. The minimum absolute atomic E-state index is 0.164. The number of amides is 1. The second kappa shape index (κ2) is 5.99. The number of hydrogen-bond donors (Lipinski definition) is 0. The van der Waals surface area contributed by atoms with Crippen molar-refractivity contribution in [2.24, 2.45) is 0 Å². The van der Waals surface area contributed by atoms with Crippen LogP contribution in [-0.4, -0.2) is 38.0 Å². The molecule has 0 saturated carbocycles. The third-order valence-electron chi connectivity index (χ3n) is 4.75. The van der Waals surface area contributed by atoms with Crippen LogP contribution >= 0.6 is 0 Å². The van der Waals surface area contributed by atoms with E-state index in [9.17, 15) is 4.79 Å². The Kier molecular flexibility index (Phi) is 4.05. The zero-order valence-electron chi connectivity index (χ0n) is 13.6. The molecule has 0 aliphatic carbocycles. The van der Waals surface area contributed by atoms with Gasteiger partial charge in [0.2, 0.25) is 0 Å². The van der Waals surface area contributed by atoms with Gasteiger partial charge >= 0.3 is 0 Å². The molecule has 1 amide bonds. The Hall–Kier alpha value is -2.04. The molecule has 0 spiro atoms. The number of carbonyl (C=O) groups excluding carboxylic acids is 1. The third-order valence-corrected chi connectivity index (χ3v) is 4.75. The van der Waals surface area contributed by atoms with Crippen molar-refractivity contribution in [3.63, 3.8) is 0 Å². The Bertz CT molecular complexity index is 657. The molecular weight excluding hydrogens is 276 g/mol. The SMILES string of the molecule is CCn1c(C)cc(C(=O)N2CCC[C@@H](n3ccnc3)C2)c1C. The molecule has 0 N–H and O–H groups in total. The van der Waals surface area contributed by atoms with Crippen LogP contribution in [0.5, 0.6) is 0 Å². The zero-order chi connectivity index (χ0) is 15.7. The van der Waals surface area contributed by atoms with Gasteiger partial charge in [0.25, 0.3) is 5.91 Å². The van der Waals surface area contributed by atoms with Crippen LogP contribution in [0.15, 0.2) is 24.8 Å². The lowest BCUT2D eigenvalue weighted by Crippen LogP contribution is -2.40. The molecule has 118 valence electrons. The van der Waals surface area contributed by atoms with Gasteiger partial charge in [0.05, 0.1) is 17.9 Å². The fourth-order valence-corrected chi connectivity index (χ4v) is 3.54. The van der Waals surface area contributed by atoms with Crippen LogP contribution in [0.4, 0.5) is 0 Å². The molecule has 1 fully saturated rings. The minimum Gasteiger partial charge on any atom is -0.349 e. The van der Waals surface area contributed by atoms with E-state index in [4.69, 9.17) is 0 Å². The lowest BCUT2D eigenvalue weighted by atomic mass is 10.0. The molecule has 0 bridgehead atoms. The van der Waals surface area contributed by atoms with Crippen molar-refractivity contribution in [1.82, 2.24) is 19.0 Å². The van der Waals surface area contributed by atoms with E-state index in [1.165, 1.54) is 0 Å². The van der Waals surface area contributed by atoms with Gasteiger partial charge in [-0.25, -0.2) is 4.98 Å². The highest BCUT2D eigenvalue weighted by Crippen LogP contribution is 2.24. The fraction of sp³-hybridized carbons (Fsp3) is 0.529. The number of likely N-dealkylation sites (tertiary alicyclic amines) is 1. The third kappa shape index (κ3) is 2.56. The lowest BCUT2D eigenvalue weighted by Gasteiger charge is -2.33. The van der Waals surface area contributed by atoms with E-state index in [0.717, 1.165) is 49.4 Å². The quantitative estimate of drug-likeness (QED) is 0.875. The molecule has 1 atom stereocenters. The monoisotopic (exact) mass is 300 g/mol. The molecule has 0 aromatic carbocycles. The number of aryl methyl sites for hydroxylation is 1. The van der Waals surface area contributed by atoms with Gasteiger partial charge in [0, 0.05) is 43.4 Å². The first-order valence-corrected chi connectivity index (χ1v) is 8.05. The average molecular weight is 300 g/mol. The van der Waals surface area contributed by atoms with Crippen molar-refractivity contribution < 1.29 is 4.79 Å². The highest BCUT2D eigenvalue weighted by molar-refractivity contribution is 5.95. The molecule has 5 heteroatoms. The number of rotatable bonds is 3. The molecule has 2 aromatic heterocycles. The summed E-state index contributed by atoms with van der Waals surface area (Å²) in [5.74, 6) is 0.164. The number of aromatic nitrogens is 3. The first kappa shape index (κ1) is 14.9. The number of nitrogens with zero attached hydrogens (tertiary/aromatic N) is 4. The van der Waals surface area contributed by atoms with Gasteiger partial charge < -0.3 is 14.0 Å². The Labute approximate surface area is 131 Å². The lowest BCUT2D eigenvalue weighted by molar-refractivity contribution is 0.0678. The highest BCUT2D eigenvalue weighted by atomic mass is 16.2. The van der Waals surface area contributed by atoms with Crippen LogP contribution in [0, 0.1) is 13.8 Å². The second-order valence-corrected chi connectivity index (χ2v) is 6.09. The summed E-state index contributed by atoms with van der Waals surface area (Å²) in [5, 5.41) is 0. The van der Waals surface area contributed by atoms with Gasteiger partial charge in [0.1, 0.15) is 0 Å². The van der Waals surface area contributed by atoms with Gasteiger partial charge in [-0.3, -0.25) is 4.79 Å². The van der Waals surface area contributed by atoms with E-state index in [1.807, 2.05) is 30.4 Å². The van der Waals surface area contributed by atoms with Crippen LogP contribution in [0.3, 0.4) is 0 Å². The number of carbonyl (C=O) groups is 1. The van der Waals surface area contributed by atoms with Crippen LogP contribution in [0.1, 0.15) is 47.6 Å². The predicted octanol–water partition coefficient (Wildman–Crippen LogP) is 2.80. The van der Waals surface area contributed by atoms with Crippen molar-refractivity contribution in [2.45, 2.75) is 46.2 Å². The molecule has 5 nitrogen and oxygen atoms in total. The van der Waals surface area contributed by atoms with E-state index in [-0.39, 0.29) is 5.91 Å². The van der Waals surface area contributed by atoms with E-state index >= 15 is 0 Å². The molecular formula is C17H24N4O. The van der Waals surface area contributed by atoms with Crippen LogP contribution in [0.2, 0.25) is 0 Å². The highest BCUT2D eigenvalue weighted by Gasteiger charge is 2.27. The van der Waals surface area contributed by atoms with Gasteiger partial charge in [-0.2, -0.15) is 0 Å². The molecule has 1 aliphatic rings. The molecule has 2 aromatic rings. The summed E-state index contributed by atoms with van der Waals surface area (Å²) < 4.78 is 4.32. The molecule has 3 rings (SSSR count). The van der Waals surface area contributed by atoms with E-state index in [0.29, 0.717) is 6.04 Å². The Balaban J connectivity index is 1.80. The molecule has 0 unspecified atom stereocenters. The number of imidazole rings is 1. The van der Waals surface area contributed by atoms with Crippen molar-refractivity contribution in [3.8, 4) is 0 Å². The van der Waals surface area contributed by atoms with Crippen LogP contribution in [0.25, 0.3) is 0 Å². The predicted molar refractivity (Wildman–Crippen MR) is 86.0 cm³/mol. The first-order chi connectivity index (χ1) is 10.6. The minimum atomic E-state index is 0.164. The average Bonchev–Trinajstić information content (AvgIpc) is 3.15. The second-order valence-electron chi connectivity index (χ2n) is 6.09. The van der Waals surface area contributed by atoms with Gasteiger partial charge in [-0.05, 0) is 39.7 Å². The summed E-state index contributed by atoms with van der Waals surface area (Å²) in [6.07, 6.45) is 7.79. The van der Waals surface area contributed by atoms with E-state index in [1.54, 1.807) is 6.20 Å². The van der Waals surface area contributed by atoms with Crippen molar-refractivity contribution in [1.29, 1.82) is 0 Å². The number of piperidine rings is 1. The Morgan fingerprint density at radius 2 is 2.23 bits per heavy atom. The molecule has 22 heavy (non-hydrogen) atoms. The topological polar surface area (TPSA) is 43.1 Å². The summed E-state index contributed by atoms with van der Waals surface area (Å²) >= 11 is 0. The van der Waals surface area contributed by atoms with E-state index < -0.39 is 0 Å². The summed E-state index contributed by atoms with van der Waals surface area (Å²) in [5.41, 5.74) is 3.09. The van der Waals surface area contributed by atoms with Crippen LogP contribution in [-0.2, 0) is 6.54 Å². The van der Waals surface area contributed by atoms with Gasteiger partial charge in [-0.1, -0.05) is 0 Å². The smallest absolute Gasteiger partial charge is 0.255 e. The maximum absolute atomic E-state index is 12.9. The normalized spacial score (nSPS) is 18.7. The van der Waals surface area contributed by atoms with Crippen molar-refractivity contribution >= 4 is 5.91 Å². The maximum atomic E-state index is 12.9. The Morgan fingerprint density at radius 3 is 2.86 bits per heavy atom. The zero-order valence-corrected chi connectivity index (χ0v) is 13.6. The van der Waals surface area contributed by atoms with E-state index in [2.05, 4.69) is 28.0 Å². The van der Waals surface area contributed by atoms with Crippen molar-refractivity contribution in [2.75, 3.05) is 13.1 Å². The standard InChI is InChI=1S/C17H24N4O/c1-4-21-13(2)10-16(14(21)3)17(22)19-8-5-6-15(11-19)20-9-7-18-12-20/h7,9-10,12,15H,4-6,8,11H2,1-3H3/t15-/m1/s1. The maximum Gasteiger partial charge on any atom is 0.255 e. The molecule has 1 aliphatic heterocycles. The summed E-state index contributed by atoms with van der Waals surface area (Å²) in [6, 6.07) is 2.37. The van der Waals surface area contributed by atoms with Crippen LogP contribution < -0.4 is 0 Å². The van der Waals surface area contributed by atoms with Crippen molar-refractivity contribution in [3.05, 3.63) is 41.7 Å². The largest absolute Gasteiger partial charge is 0.349 e.